The molecule has 1 heterocycles. The molecule has 5 heteroatoms. The van der Waals surface area contributed by atoms with E-state index in [1.54, 1.807) is 38.3 Å². The highest BCUT2D eigenvalue weighted by Crippen LogP contribution is 2.30. The van der Waals surface area contributed by atoms with Gasteiger partial charge in [-0.2, -0.15) is 0 Å². The van der Waals surface area contributed by atoms with Crippen LogP contribution in [0.1, 0.15) is 18.4 Å². The molecule has 0 aromatic heterocycles. The number of ether oxygens (including phenoxy) is 1. The second kappa shape index (κ2) is 6.66. The summed E-state index contributed by atoms with van der Waals surface area (Å²) in [6.45, 7) is 2.12. The fourth-order valence-corrected chi connectivity index (χ4v) is 2.79. The van der Waals surface area contributed by atoms with E-state index in [9.17, 15) is 9.59 Å². The molecule has 0 saturated carbocycles. The Labute approximate surface area is 140 Å². The van der Waals surface area contributed by atoms with E-state index in [0.717, 1.165) is 5.56 Å². The van der Waals surface area contributed by atoms with Crippen LogP contribution in [0.4, 0.5) is 5.69 Å². The predicted molar refractivity (Wildman–Crippen MR) is 91.7 cm³/mol. The van der Waals surface area contributed by atoms with Crippen molar-refractivity contribution in [3.63, 3.8) is 0 Å². The number of hydrogen-bond donors (Lipinski definition) is 0. The zero-order valence-electron chi connectivity index (χ0n) is 13.6. The Kier molecular flexibility index (Phi) is 4.42. The lowest BCUT2D eigenvalue weighted by molar-refractivity contribution is -0.137. The molecule has 2 amide bonds. The summed E-state index contributed by atoms with van der Waals surface area (Å²) in [5.41, 5.74) is 1.66. The molecule has 0 bridgehead atoms. The number of benzene rings is 2. The number of aliphatic imine (C=N–C) groups is 1. The Hall–Kier alpha value is -2.95. The number of methoxy groups -OCH3 is 1. The summed E-state index contributed by atoms with van der Waals surface area (Å²) in [6, 6.07) is 16.4. The molecular weight excluding hydrogens is 304 g/mol. The molecule has 2 aromatic carbocycles. The number of likely N-dealkylation sites (N-methyl/N-ethyl adjacent to an activating group) is 1. The minimum Gasteiger partial charge on any atom is -0.497 e. The predicted octanol–water partition coefficient (Wildman–Crippen LogP) is 2.94. The fraction of sp³-hybridized carbons (Fsp3) is 0.211. The minimum atomic E-state index is -0.652. The van der Waals surface area contributed by atoms with Crippen molar-refractivity contribution in [1.29, 1.82) is 0 Å². The second-order valence-corrected chi connectivity index (χ2v) is 5.43. The van der Waals surface area contributed by atoms with Crippen LogP contribution in [0.2, 0.25) is 0 Å². The van der Waals surface area contributed by atoms with E-state index >= 15 is 0 Å². The van der Waals surface area contributed by atoms with E-state index in [-0.39, 0.29) is 17.5 Å². The van der Waals surface area contributed by atoms with Crippen LogP contribution in [0, 0.1) is 0 Å². The third-order valence-corrected chi connectivity index (χ3v) is 4.02. The number of carbonyl (C=O) groups is 2. The average molecular weight is 322 g/mol. The molecule has 2 aromatic rings. The number of hydrogen-bond acceptors (Lipinski definition) is 4. The van der Waals surface area contributed by atoms with Crippen LogP contribution in [0.5, 0.6) is 5.75 Å². The van der Waals surface area contributed by atoms with Crippen LogP contribution in [-0.2, 0) is 9.59 Å². The molecule has 1 aliphatic heterocycles. The van der Waals surface area contributed by atoms with Crippen molar-refractivity contribution in [2.24, 2.45) is 4.99 Å². The fourth-order valence-electron chi connectivity index (χ4n) is 2.79. The van der Waals surface area contributed by atoms with Gasteiger partial charge < -0.3 is 4.74 Å². The van der Waals surface area contributed by atoms with Gasteiger partial charge in [-0.05, 0) is 36.8 Å². The zero-order valence-corrected chi connectivity index (χ0v) is 13.6. The minimum absolute atomic E-state index is 0.221. The molecule has 1 atom stereocenters. The van der Waals surface area contributed by atoms with E-state index < -0.39 is 5.92 Å². The lowest BCUT2D eigenvalue weighted by Crippen LogP contribution is -2.30. The summed E-state index contributed by atoms with van der Waals surface area (Å²) >= 11 is 0. The summed E-state index contributed by atoms with van der Waals surface area (Å²) in [5.74, 6) is -0.489. The van der Waals surface area contributed by atoms with Crippen molar-refractivity contribution >= 4 is 23.2 Å². The van der Waals surface area contributed by atoms with Gasteiger partial charge in [-0.1, -0.05) is 30.3 Å². The molecule has 1 saturated heterocycles. The first-order valence-electron chi connectivity index (χ1n) is 7.79. The maximum absolute atomic E-state index is 12.7. The maximum atomic E-state index is 12.7. The Morgan fingerprint density at radius 3 is 2.29 bits per heavy atom. The molecule has 0 aliphatic carbocycles. The van der Waals surface area contributed by atoms with Gasteiger partial charge in [0.1, 0.15) is 17.4 Å². The van der Waals surface area contributed by atoms with Crippen molar-refractivity contribution < 1.29 is 14.3 Å². The van der Waals surface area contributed by atoms with Gasteiger partial charge in [-0.25, -0.2) is 4.99 Å². The average Bonchev–Trinajstić information content (AvgIpc) is 2.86. The van der Waals surface area contributed by atoms with E-state index in [0.29, 0.717) is 18.0 Å². The molecule has 122 valence electrons. The van der Waals surface area contributed by atoms with Crippen LogP contribution in [-0.4, -0.2) is 36.1 Å². The molecule has 1 aliphatic rings. The Morgan fingerprint density at radius 1 is 1.04 bits per heavy atom. The lowest BCUT2D eigenvalue weighted by atomic mass is 9.96. The van der Waals surface area contributed by atoms with E-state index in [2.05, 4.69) is 4.99 Å². The number of rotatable bonds is 4. The smallest absolute Gasteiger partial charge is 0.276 e. The van der Waals surface area contributed by atoms with E-state index in [1.165, 1.54) is 4.90 Å². The molecule has 1 fully saturated rings. The van der Waals surface area contributed by atoms with Crippen molar-refractivity contribution in [3.05, 3.63) is 60.2 Å². The van der Waals surface area contributed by atoms with Gasteiger partial charge in [0, 0.05) is 6.54 Å². The van der Waals surface area contributed by atoms with E-state index in [4.69, 9.17) is 4.74 Å². The Balaban J connectivity index is 2.05. The molecule has 5 nitrogen and oxygen atoms in total. The van der Waals surface area contributed by atoms with Gasteiger partial charge in [0.05, 0.1) is 12.8 Å². The maximum Gasteiger partial charge on any atom is 0.276 e. The number of nitrogens with zero attached hydrogens (tertiary/aromatic N) is 2. The second-order valence-electron chi connectivity index (χ2n) is 5.43. The molecule has 0 radical (unpaired) electrons. The normalized spacial score (nSPS) is 19.2. The first kappa shape index (κ1) is 15.9. The molecular formula is C19H18N2O3. The van der Waals surface area contributed by atoms with Crippen molar-refractivity contribution in [2.45, 2.75) is 12.8 Å². The Bertz CT molecular complexity index is 782. The molecule has 3 rings (SSSR count). The monoisotopic (exact) mass is 322 g/mol. The zero-order chi connectivity index (χ0) is 17.1. The lowest BCUT2D eigenvalue weighted by Gasteiger charge is -2.10. The number of amides is 2. The van der Waals surface area contributed by atoms with Gasteiger partial charge in [-0.3, -0.25) is 14.5 Å². The first-order chi connectivity index (χ1) is 11.7. The standard InChI is InChI=1S/C19H18N2O3/c1-3-21-18(22)16(13-7-5-4-6-8-13)17(19(21)23)20-14-9-11-15(24-2)12-10-14/h4-12,16H,3H2,1-2H3. The van der Waals surface area contributed by atoms with Gasteiger partial charge in [0.25, 0.3) is 5.91 Å². The molecule has 0 spiro atoms. The van der Waals surface area contributed by atoms with Crippen LogP contribution < -0.4 is 4.74 Å². The Morgan fingerprint density at radius 2 is 1.71 bits per heavy atom. The van der Waals surface area contributed by atoms with Crippen LogP contribution in [0.15, 0.2) is 59.6 Å². The summed E-state index contributed by atoms with van der Waals surface area (Å²) in [5, 5.41) is 0. The van der Waals surface area contributed by atoms with Crippen molar-refractivity contribution in [2.75, 3.05) is 13.7 Å². The highest BCUT2D eigenvalue weighted by Gasteiger charge is 2.44. The highest BCUT2D eigenvalue weighted by atomic mass is 16.5. The third kappa shape index (κ3) is 2.80. The summed E-state index contributed by atoms with van der Waals surface area (Å²) in [4.78, 5) is 31.0. The van der Waals surface area contributed by atoms with Gasteiger partial charge >= 0.3 is 0 Å². The van der Waals surface area contributed by atoms with Gasteiger partial charge in [0.15, 0.2) is 0 Å². The third-order valence-electron chi connectivity index (χ3n) is 4.02. The quantitative estimate of drug-likeness (QED) is 0.813. The summed E-state index contributed by atoms with van der Waals surface area (Å²) < 4.78 is 5.12. The van der Waals surface area contributed by atoms with Crippen molar-refractivity contribution in [3.8, 4) is 5.75 Å². The number of carbonyl (C=O) groups excluding carboxylic acids is 2. The highest BCUT2D eigenvalue weighted by molar-refractivity contribution is 6.52. The summed E-state index contributed by atoms with van der Waals surface area (Å²) in [6.07, 6.45) is 0. The van der Waals surface area contributed by atoms with Crippen LogP contribution in [0.25, 0.3) is 0 Å². The molecule has 1 unspecified atom stereocenters. The first-order valence-corrected chi connectivity index (χ1v) is 7.79. The molecule has 0 N–H and O–H groups in total. The topological polar surface area (TPSA) is 59.0 Å². The van der Waals surface area contributed by atoms with E-state index in [1.807, 2.05) is 30.3 Å². The molecule has 24 heavy (non-hydrogen) atoms. The van der Waals surface area contributed by atoms with Gasteiger partial charge in [-0.15, -0.1) is 0 Å². The summed E-state index contributed by atoms with van der Waals surface area (Å²) in [7, 11) is 1.59. The SMILES string of the molecule is CCN1C(=O)C(=Nc2ccc(OC)cc2)C(c2ccccc2)C1=O. The number of likely N-dealkylation sites (tertiary alicyclic amines) is 1. The largest absolute Gasteiger partial charge is 0.497 e. The van der Waals surface area contributed by atoms with Crippen molar-refractivity contribution in [1.82, 2.24) is 4.90 Å². The van der Waals surface area contributed by atoms with Crippen LogP contribution >= 0.6 is 0 Å². The van der Waals surface area contributed by atoms with Gasteiger partial charge in [0.2, 0.25) is 5.91 Å². The van der Waals surface area contributed by atoms with Crippen LogP contribution in [0.3, 0.4) is 0 Å². The number of imide groups is 1.